The van der Waals surface area contributed by atoms with Crippen LogP contribution >= 0.6 is 0 Å². The second kappa shape index (κ2) is 9.70. The lowest BCUT2D eigenvalue weighted by Gasteiger charge is -2.17. The van der Waals surface area contributed by atoms with Gasteiger partial charge in [0.15, 0.2) is 5.76 Å². The molecule has 7 nitrogen and oxygen atoms in total. The fourth-order valence-corrected chi connectivity index (χ4v) is 3.71. The van der Waals surface area contributed by atoms with Gasteiger partial charge in [-0.15, -0.1) is 0 Å². The summed E-state index contributed by atoms with van der Waals surface area (Å²) >= 11 is 0. The van der Waals surface area contributed by atoms with Gasteiger partial charge in [-0.3, -0.25) is 9.59 Å². The smallest absolute Gasteiger partial charge is 0.291 e. The molecule has 0 atom stereocenters. The van der Waals surface area contributed by atoms with Gasteiger partial charge < -0.3 is 24.3 Å². The van der Waals surface area contributed by atoms with Crippen LogP contribution in [0.2, 0.25) is 0 Å². The molecule has 0 spiro atoms. The lowest BCUT2D eigenvalue weighted by molar-refractivity contribution is -0.117. The number of fused-ring (bicyclic) bond motifs is 1. The van der Waals surface area contributed by atoms with Gasteiger partial charge in [-0.25, -0.2) is 0 Å². The molecule has 0 saturated heterocycles. The molecule has 1 aliphatic rings. The van der Waals surface area contributed by atoms with E-state index in [0.29, 0.717) is 24.3 Å². The first-order valence-electron chi connectivity index (χ1n) is 10.6. The Morgan fingerprint density at radius 3 is 2.69 bits per heavy atom. The number of carbonyl (C=O) groups is 2. The molecule has 0 unspecified atom stereocenters. The molecule has 3 aromatic rings. The zero-order valence-electron chi connectivity index (χ0n) is 18.3. The Balaban J connectivity index is 1.37. The number of hydrogen-bond donors (Lipinski definition) is 1. The summed E-state index contributed by atoms with van der Waals surface area (Å²) in [5, 5.41) is 2.85. The molecule has 0 bridgehead atoms. The highest BCUT2D eigenvalue weighted by Crippen LogP contribution is 2.30. The minimum Gasteiger partial charge on any atom is -0.494 e. The van der Waals surface area contributed by atoms with E-state index in [2.05, 4.69) is 10.2 Å². The van der Waals surface area contributed by atoms with Crippen LogP contribution < -0.4 is 15.0 Å². The monoisotopic (exact) mass is 433 g/mol. The van der Waals surface area contributed by atoms with Gasteiger partial charge in [0.2, 0.25) is 5.91 Å². The number of furan rings is 1. The Labute approximate surface area is 187 Å². The lowest BCUT2D eigenvalue weighted by atomic mass is 10.1. The van der Waals surface area contributed by atoms with Gasteiger partial charge in [0, 0.05) is 23.5 Å². The number of rotatable bonds is 9. The van der Waals surface area contributed by atoms with E-state index in [1.807, 2.05) is 50.5 Å². The molecule has 0 saturated carbocycles. The summed E-state index contributed by atoms with van der Waals surface area (Å²) in [7, 11) is 4.06. The third kappa shape index (κ3) is 5.00. The number of benzene rings is 2. The van der Waals surface area contributed by atoms with E-state index in [4.69, 9.17) is 9.15 Å². The fourth-order valence-electron chi connectivity index (χ4n) is 3.71. The van der Waals surface area contributed by atoms with E-state index >= 15 is 0 Å². The molecule has 2 aromatic carbocycles. The number of anilines is 2. The third-order valence-corrected chi connectivity index (χ3v) is 5.34. The molecular weight excluding hydrogens is 406 g/mol. The van der Waals surface area contributed by atoms with Crippen LogP contribution in [-0.4, -0.2) is 44.0 Å². The van der Waals surface area contributed by atoms with Crippen LogP contribution in [0.3, 0.4) is 0 Å². The van der Waals surface area contributed by atoms with E-state index in [-0.39, 0.29) is 24.1 Å². The van der Waals surface area contributed by atoms with Gasteiger partial charge in [0.05, 0.1) is 25.8 Å². The number of carbonyl (C=O) groups excluding carboxylic acids is 2. The van der Waals surface area contributed by atoms with Gasteiger partial charge >= 0.3 is 0 Å². The molecule has 4 rings (SSSR count). The molecule has 2 heterocycles. The predicted octanol–water partition coefficient (Wildman–Crippen LogP) is 3.95. The minimum absolute atomic E-state index is 0.0138. The maximum Gasteiger partial charge on any atom is 0.291 e. The normalized spacial score (nSPS) is 12.8. The summed E-state index contributed by atoms with van der Waals surface area (Å²) < 4.78 is 11.2. The van der Waals surface area contributed by atoms with Crippen molar-refractivity contribution in [2.45, 2.75) is 19.4 Å². The van der Waals surface area contributed by atoms with Gasteiger partial charge in [-0.2, -0.15) is 0 Å². The first kappa shape index (κ1) is 21.6. The van der Waals surface area contributed by atoms with Crippen molar-refractivity contribution in [3.8, 4) is 5.75 Å². The quantitative estimate of drug-likeness (QED) is 0.517. The third-order valence-electron chi connectivity index (χ3n) is 5.34. The number of amides is 2. The SMILES string of the molecule is CN(C)CCCOc1ccc(NC(=O)c2occc2CN2C(=O)Cc3ccccc32)cc1. The maximum atomic E-state index is 12.8. The average Bonchev–Trinajstić information content (AvgIpc) is 3.37. The van der Waals surface area contributed by atoms with E-state index in [9.17, 15) is 9.59 Å². The highest BCUT2D eigenvalue weighted by Gasteiger charge is 2.28. The molecule has 1 N–H and O–H groups in total. The van der Waals surface area contributed by atoms with E-state index in [1.54, 1.807) is 23.1 Å². The van der Waals surface area contributed by atoms with E-state index < -0.39 is 0 Å². The molecule has 2 amide bonds. The Morgan fingerprint density at radius 2 is 1.91 bits per heavy atom. The summed E-state index contributed by atoms with van der Waals surface area (Å²) in [4.78, 5) is 29.1. The molecule has 0 radical (unpaired) electrons. The van der Waals surface area contributed by atoms with Gasteiger partial charge in [-0.05, 0) is 62.5 Å². The van der Waals surface area contributed by atoms with E-state index in [1.165, 1.54) is 6.26 Å². The lowest BCUT2D eigenvalue weighted by Crippen LogP contribution is -2.27. The van der Waals surface area contributed by atoms with Crippen molar-refractivity contribution in [2.75, 3.05) is 37.5 Å². The number of para-hydroxylation sites is 1. The van der Waals surface area contributed by atoms with Crippen LogP contribution in [0.25, 0.3) is 0 Å². The van der Waals surface area contributed by atoms with Crippen LogP contribution in [0.15, 0.2) is 65.3 Å². The van der Waals surface area contributed by atoms with Crippen LogP contribution in [-0.2, 0) is 17.8 Å². The van der Waals surface area contributed by atoms with Crippen molar-refractivity contribution in [3.63, 3.8) is 0 Å². The molecule has 166 valence electrons. The molecule has 32 heavy (non-hydrogen) atoms. The van der Waals surface area contributed by atoms with E-state index in [0.717, 1.165) is 30.0 Å². The number of hydrogen-bond acceptors (Lipinski definition) is 5. The first-order chi connectivity index (χ1) is 15.5. The summed E-state index contributed by atoms with van der Waals surface area (Å²) in [5.41, 5.74) is 3.18. The number of nitrogens with one attached hydrogen (secondary N) is 1. The summed E-state index contributed by atoms with van der Waals surface area (Å²) in [5.74, 6) is 0.613. The second-order valence-electron chi connectivity index (χ2n) is 8.04. The molecule has 7 heteroatoms. The van der Waals surface area contributed by atoms with Crippen molar-refractivity contribution in [2.24, 2.45) is 0 Å². The van der Waals surface area contributed by atoms with Crippen molar-refractivity contribution < 1.29 is 18.7 Å². The molecule has 0 fully saturated rings. The number of ether oxygens (including phenoxy) is 1. The molecule has 1 aromatic heterocycles. The Morgan fingerprint density at radius 1 is 1.12 bits per heavy atom. The zero-order chi connectivity index (χ0) is 22.5. The molecule has 0 aliphatic carbocycles. The first-order valence-corrected chi connectivity index (χ1v) is 10.6. The average molecular weight is 434 g/mol. The Hall–Kier alpha value is -3.58. The standard InChI is InChI=1S/C25H27N3O4/c1-27(2)13-5-14-31-21-10-8-20(9-11-21)26-25(30)24-19(12-15-32-24)17-28-22-7-4-3-6-18(22)16-23(28)29/h3-4,6-12,15H,5,13-14,16-17H2,1-2H3,(H,26,30). The molecule has 1 aliphatic heterocycles. The number of nitrogens with zero attached hydrogens (tertiary/aromatic N) is 2. The maximum absolute atomic E-state index is 12.8. The predicted molar refractivity (Wildman–Crippen MR) is 123 cm³/mol. The van der Waals surface area contributed by atoms with Gasteiger partial charge in [0.25, 0.3) is 5.91 Å². The second-order valence-corrected chi connectivity index (χ2v) is 8.04. The van der Waals surface area contributed by atoms with Gasteiger partial charge in [0.1, 0.15) is 5.75 Å². The molecular formula is C25H27N3O4. The highest BCUT2D eigenvalue weighted by molar-refractivity contribution is 6.04. The Bertz CT molecular complexity index is 1090. The summed E-state index contributed by atoms with van der Waals surface area (Å²) in [6.45, 7) is 1.89. The fraction of sp³-hybridized carbons (Fsp3) is 0.280. The van der Waals surface area contributed by atoms with Crippen LogP contribution in [0.4, 0.5) is 11.4 Å². The summed E-state index contributed by atoms with van der Waals surface area (Å²) in [6, 6.07) is 16.7. The largest absolute Gasteiger partial charge is 0.494 e. The van der Waals surface area contributed by atoms with Crippen molar-refractivity contribution in [1.29, 1.82) is 0 Å². The summed E-state index contributed by atoms with van der Waals surface area (Å²) in [6.07, 6.45) is 2.79. The van der Waals surface area contributed by atoms with Crippen molar-refractivity contribution in [1.82, 2.24) is 4.90 Å². The zero-order valence-corrected chi connectivity index (χ0v) is 18.3. The van der Waals surface area contributed by atoms with Crippen LogP contribution in [0.5, 0.6) is 5.75 Å². The topological polar surface area (TPSA) is 75.0 Å². The van der Waals surface area contributed by atoms with Gasteiger partial charge in [-0.1, -0.05) is 18.2 Å². The Kier molecular flexibility index (Phi) is 6.56. The minimum atomic E-state index is -0.357. The van der Waals surface area contributed by atoms with Crippen molar-refractivity contribution in [3.05, 3.63) is 77.7 Å². The van der Waals surface area contributed by atoms with Crippen LogP contribution in [0, 0.1) is 0 Å². The highest BCUT2D eigenvalue weighted by atomic mass is 16.5. The van der Waals surface area contributed by atoms with Crippen molar-refractivity contribution >= 4 is 23.2 Å². The van der Waals surface area contributed by atoms with Crippen LogP contribution in [0.1, 0.15) is 28.1 Å².